The molecule has 20 heavy (non-hydrogen) atoms. The second kappa shape index (κ2) is 5.38. The van der Waals surface area contributed by atoms with Gasteiger partial charge >= 0.3 is 0 Å². The molecule has 6 heteroatoms. The summed E-state index contributed by atoms with van der Waals surface area (Å²) in [6, 6.07) is 8.56. The van der Waals surface area contributed by atoms with E-state index in [0.29, 0.717) is 17.9 Å². The van der Waals surface area contributed by atoms with Crippen LogP contribution in [0.3, 0.4) is 0 Å². The van der Waals surface area contributed by atoms with Gasteiger partial charge in [0.1, 0.15) is 11.6 Å². The van der Waals surface area contributed by atoms with E-state index in [2.05, 4.69) is 9.97 Å². The number of nitrogens with zero attached hydrogens (tertiary/aromatic N) is 3. The van der Waals surface area contributed by atoms with E-state index in [0.717, 1.165) is 11.2 Å². The molecule has 0 fully saturated rings. The highest BCUT2D eigenvalue weighted by atomic mass is 35.5. The van der Waals surface area contributed by atoms with Crippen LogP contribution in [0.4, 0.5) is 4.39 Å². The Morgan fingerprint density at radius 2 is 2.10 bits per heavy atom. The van der Waals surface area contributed by atoms with Crippen LogP contribution in [0.15, 0.2) is 36.5 Å². The molecule has 0 amide bonds. The second-order valence-electron chi connectivity index (χ2n) is 4.32. The molecule has 0 aliphatic heterocycles. The zero-order chi connectivity index (χ0) is 14.1. The summed E-state index contributed by atoms with van der Waals surface area (Å²) in [5, 5.41) is 0.0702. The predicted molar refractivity (Wildman–Crippen MR) is 77.6 cm³/mol. The van der Waals surface area contributed by atoms with Crippen molar-refractivity contribution in [2.24, 2.45) is 0 Å². The van der Waals surface area contributed by atoms with Gasteiger partial charge in [0.25, 0.3) is 0 Å². The summed E-state index contributed by atoms with van der Waals surface area (Å²) in [7, 11) is 0. The number of fused-ring (bicyclic) bond motifs is 1. The van der Waals surface area contributed by atoms with Gasteiger partial charge in [0.2, 0.25) is 0 Å². The molecule has 102 valence electrons. The Hall–Kier alpha value is -1.65. The number of imidazole rings is 1. The summed E-state index contributed by atoms with van der Waals surface area (Å²) in [6.07, 6.45) is 1.72. The van der Waals surface area contributed by atoms with Gasteiger partial charge in [-0.25, -0.2) is 9.37 Å². The molecule has 0 saturated heterocycles. The minimum atomic E-state index is -0.484. The average molecular weight is 310 g/mol. The van der Waals surface area contributed by atoms with E-state index >= 15 is 0 Å². The minimum Gasteiger partial charge on any atom is -0.321 e. The third-order valence-corrected chi connectivity index (χ3v) is 3.56. The summed E-state index contributed by atoms with van der Waals surface area (Å²) < 4.78 is 15.4. The molecule has 3 nitrogen and oxygen atoms in total. The lowest BCUT2D eigenvalue weighted by molar-refractivity contribution is 0.629. The third kappa shape index (κ3) is 2.37. The maximum atomic E-state index is 13.5. The fraction of sp³-hybridized carbons (Fsp3) is 0.143. The van der Waals surface area contributed by atoms with E-state index in [1.54, 1.807) is 12.3 Å². The number of rotatable bonds is 3. The van der Waals surface area contributed by atoms with Gasteiger partial charge in [0.05, 0.1) is 34.2 Å². The summed E-state index contributed by atoms with van der Waals surface area (Å²) in [5.41, 5.74) is 2.16. The molecule has 3 rings (SSSR count). The Morgan fingerprint density at radius 3 is 2.80 bits per heavy atom. The first-order valence-electron chi connectivity index (χ1n) is 5.99. The lowest BCUT2D eigenvalue weighted by Crippen LogP contribution is -2.05. The molecule has 1 aromatic carbocycles. The quantitative estimate of drug-likeness (QED) is 0.684. The molecule has 0 N–H and O–H groups in total. The molecule has 0 radical (unpaired) electrons. The molecule has 0 bridgehead atoms. The SMILES string of the molecule is Fc1cc2nc(CCl)n(Cc3ccccn3)c2cc1Cl. The van der Waals surface area contributed by atoms with Crippen LogP contribution in [0.2, 0.25) is 5.02 Å². The van der Waals surface area contributed by atoms with Gasteiger partial charge in [-0.05, 0) is 18.2 Å². The van der Waals surface area contributed by atoms with Crippen molar-refractivity contribution in [2.45, 2.75) is 12.4 Å². The largest absolute Gasteiger partial charge is 0.321 e. The maximum Gasteiger partial charge on any atom is 0.144 e. The van der Waals surface area contributed by atoms with Crippen molar-refractivity contribution in [3.05, 3.63) is 58.9 Å². The van der Waals surface area contributed by atoms with Gasteiger partial charge in [-0.2, -0.15) is 0 Å². The van der Waals surface area contributed by atoms with E-state index in [-0.39, 0.29) is 10.9 Å². The minimum absolute atomic E-state index is 0.0702. The molecule has 0 spiro atoms. The summed E-state index contributed by atoms with van der Waals surface area (Å²) in [4.78, 5) is 8.61. The highest BCUT2D eigenvalue weighted by Crippen LogP contribution is 2.25. The molecule has 0 aliphatic rings. The standard InChI is InChI=1S/C14H10Cl2FN3/c15-7-14-19-12-6-11(17)10(16)5-13(12)20(14)8-9-3-1-2-4-18-9/h1-6H,7-8H2. The van der Waals surface area contributed by atoms with Gasteiger partial charge < -0.3 is 4.57 Å². The van der Waals surface area contributed by atoms with E-state index in [9.17, 15) is 4.39 Å². The smallest absolute Gasteiger partial charge is 0.144 e. The van der Waals surface area contributed by atoms with Crippen LogP contribution < -0.4 is 0 Å². The lowest BCUT2D eigenvalue weighted by Gasteiger charge is -2.07. The lowest BCUT2D eigenvalue weighted by atomic mass is 10.3. The topological polar surface area (TPSA) is 30.7 Å². The molecule has 0 atom stereocenters. The van der Waals surface area contributed by atoms with Gasteiger partial charge in [-0.1, -0.05) is 17.7 Å². The van der Waals surface area contributed by atoms with Crippen molar-refractivity contribution in [1.82, 2.24) is 14.5 Å². The normalized spacial score (nSPS) is 11.2. The molecule has 2 heterocycles. The number of hydrogen-bond acceptors (Lipinski definition) is 2. The monoisotopic (exact) mass is 309 g/mol. The van der Waals surface area contributed by atoms with Crippen molar-refractivity contribution < 1.29 is 4.39 Å². The van der Waals surface area contributed by atoms with Crippen molar-refractivity contribution in [1.29, 1.82) is 0 Å². The van der Waals surface area contributed by atoms with E-state index in [1.165, 1.54) is 6.07 Å². The molecule has 0 unspecified atom stereocenters. The Morgan fingerprint density at radius 1 is 1.25 bits per heavy atom. The second-order valence-corrected chi connectivity index (χ2v) is 5.00. The summed E-state index contributed by atoms with van der Waals surface area (Å²) in [5.74, 6) is 0.414. The Balaban J connectivity index is 2.15. The first-order chi connectivity index (χ1) is 9.69. The van der Waals surface area contributed by atoms with Crippen molar-refractivity contribution >= 4 is 34.2 Å². The first-order valence-corrected chi connectivity index (χ1v) is 6.90. The van der Waals surface area contributed by atoms with Crippen LogP contribution in [0.1, 0.15) is 11.5 Å². The molecule has 2 aromatic heterocycles. The number of halogens is 3. The number of aromatic nitrogens is 3. The Labute approximate surface area is 125 Å². The van der Waals surface area contributed by atoms with Gasteiger partial charge in [-0.3, -0.25) is 4.98 Å². The van der Waals surface area contributed by atoms with Crippen molar-refractivity contribution in [3.63, 3.8) is 0 Å². The van der Waals surface area contributed by atoms with Crippen LogP contribution in [0.5, 0.6) is 0 Å². The Bertz CT molecular complexity index is 756. The molecular weight excluding hydrogens is 300 g/mol. The summed E-state index contributed by atoms with van der Waals surface area (Å²) >= 11 is 11.8. The maximum absolute atomic E-state index is 13.5. The van der Waals surface area contributed by atoms with Crippen molar-refractivity contribution in [2.75, 3.05) is 0 Å². The summed E-state index contributed by atoms with van der Waals surface area (Å²) in [6.45, 7) is 0.515. The van der Waals surface area contributed by atoms with E-state index in [1.807, 2.05) is 22.8 Å². The van der Waals surface area contributed by atoms with Crippen LogP contribution >= 0.6 is 23.2 Å². The highest BCUT2D eigenvalue weighted by Gasteiger charge is 2.13. The van der Waals surface area contributed by atoms with E-state index in [4.69, 9.17) is 23.2 Å². The number of hydrogen-bond donors (Lipinski definition) is 0. The zero-order valence-corrected chi connectivity index (χ0v) is 11.9. The highest BCUT2D eigenvalue weighted by molar-refractivity contribution is 6.31. The van der Waals surface area contributed by atoms with Crippen molar-refractivity contribution in [3.8, 4) is 0 Å². The molecule has 0 saturated carbocycles. The average Bonchev–Trinajstić information content (AvgIpc) is 2.78. The predicted octanol–water partition coefficient (Wildman–Crippen LogP) is 4.01. The first kappa shape index (κ1) is 13.3. The Kier molecular flexibility index (Phi) is 3.59. The number of pyridine rings is 1. The van der Waals surface area contributed by atoms with E-state index < -0.39 is 5.82 Å². The third-order valence-electron chi connectivity index (χ3n) is 3.04. The van der Waals surface area contributed by atoms with Crippen LogP contribution in [-0.2, 0) is 12.4 Å². The fourth-order valence-electron chi connectivity index (χ4n) is 2.10. The fourth-order valence-corrected chi connectivity index (χ4v) is 2.46. The molecule has 0 aliphatic carbocycles. The molecule has 3 aromatic rings. The number of alkyl halides is 1. The molecular formula is C14H10Cl2FN3. The van der Waals surface area contributed by atoms with Crippen LogP contribution in [-0.4, -0.2) is 14.5 Å². The van der Waals surface area contributed by atoms with Gasteiger partial charge in [0.15, 0.2) is 0 Å². The zero-order valence-electron chi connectivity index (χ0n) is 10.4. The van der Waals surface area contributed by atoms with Gasteiger partial charge in [0, 0.05) is 12.3 Å². The van der Waals surface area contributed by atoms with Crippen LogP contribution in [0, 0.1) is 5.82 Å². The number of benzene rings is 1. The van der Waals surface area contributed by atoms with Gasteiger partial charge in [-0.15, -0.1) is 11.6 Å². The van der Waals surface area contributed by atoms with Crippen LogP contribution in [0.25, 0.3) is 11.0 Å².